The fourth-order valence-corrected chi connectivity index (χ4v) is 3.05. The second-order valence-corrected chi connectivity index (χ2v) is 6.57. The Balaban J connectivity index is 2.91. The third kappa shape index (κ3) is 3.91. The number of amides is 1. The number of nitrogens with zero attached hydrogens (tertiary/aromatic N) is 3. The number of hydrogen-bond donors (Lipinski definition) is 0. The Bertz CT molecular complexity index is 573. The number of sulfonamides is 1. The smallest absolute Gasteiger partial charge is 0.243 e. The van der Waals surface area contributed by atoms with E-state index in [1.807, 2.05) is 13.8 Å². The Morgan fingerprint density at radius 3 is 2.45 bits per heavy atom. The van der Waals surface area contributed by atoms with Gasteiger partial charge in [0.1, 0.15) is 5.15 Å². The standard InChI is InChI=1S/C12H18ClN3O3S/c1-4-16(5-2)12(17)9-15(3)20(18,19)10-6-7-14-11(13)8-10/h6-8H,4-5,9H2,1-3H3. The van der Waals surface area contributed by atoms with Gasteiger partial charge in [0.15, 0.2) is 0 Å². The first-order valence-electron chi connectivity index (χ1n) is 6.18. The van der Waals surface area contributed by atoms with Crippen LogP contribution in [-0.2, 0) is 14.8 Å². The van der Waals surface area contributed by atoms with Crippen LogP contribution < -0.4 is 0 Å². The first-order chi connectivity index (χ1) is 9.32. The summed E-state index contributed by atoms with van der Waals surface area (Å²) >= 11 is 5.69. The molecule has 0 bridgehead atoms. The van der Waals surface area contributed by atoms with Crippen LogP contribution in [0.5, 0.6) is 0 Å². The van der Waals surface area contributed by atoms with Gasteiger partial charge in [-0.05, 0) is 26.0 Å². The first-order valence-corrected chi connectivity index (χ1v) is 8.00. The highest BCUT2D eigenvalue weighted by Crippen LogP contribution is 2.16. The highest BCUT2D eigenvalue weighted by Gasteiger charge is 2.24. The van der Waals surface area contributed by atoms with Crippen molar-refractivity contribution in [1.82, 2.24) is 14.2 Å². The van der Waals surface area contributed by atoms with E-state index in [1.165, 1.54) is 25.4 Å². The molecule has 0 aliphatic carbocycles. The third-order valence-corrected chi connectivity index (χ3v) is 4.89. The quantitative estimate of drug-likeness (QED) is 0.739. The lowest BCUT2D eigenvalue weighted by Gasteiger charge is -2.22. The topological polar surface area (TPSA) is 70.6 Å². The average molecular weight is 320 g/mol. The van der Waals surface area contributed by atoms with Crippen molar-refractivity contribution in [2.45, 2.75) is 18.7 Å². The number of carbonyl (C=O) groups is 1. The van der Waals surface area contributed by atoms with Gasteiger partial charge in [0.25, 0.3) is 0 Å². The van der Waals surface area contributed by atoms with E-state index >= 15 is 0 Å². The van der Waals surface area contributed by atoms with Crippen molar-refractivity contribution in [2.24, 2.45) is 0 Å². The first kappa shape index (κ1) is 16.9. The van der Waals surface area contributed by atoms with Crippen molar-refractivity contribution in [3.8, 4) is 0 Å². The molecule has 1 amide bonds. The van der Waals surface area contributed by atoms with Crippen LogP contribution in [0.4, 0.5) is 0 Å². The van der Waals surface area contributed by atoms with Crippen molar-refractivity contribution < 1.29 is 13.2 Å². The van der Waals surface area contributed by atoms with Crippen LogP contribution in [0.25, 0.3) is 0 Å². The largest absolute Gasteiger partial charge is 0.342 e. The Morgan fingerprint density at radius 1 is 1.35 bits per heavy atom. The molecule has 112 valence electrons. The van der Waals surface area contributed by atoms with E-state index in [4.69, 9.17) is 11.6 Å². The summed E-state index contributed by atoms with van der Waals surface area (Å²) in [4.78, 5) is 17.3. The lowest BCUT2D eigenvalue weighted by Crippen LogP contribution is -2.40. The van der Waals surface area contributed by atoms with Crippen LogP contribution in [0.1, 0.15) is 13.8 Å². The molecule has 0 aromatic carbocycles. The Labute approximate surface area is 124 Å². The van der Waals surface area contributed by atoms with Crippen molar-refractivity contribution in [2.75, 3.05) is 26.7 Å². The minimum Gasteiger partial charge on any atom is -0.342 e. The van der Waals surface area contributed by atoms with Crippen LogP contribution in [0, 0.1) is 0 Å². The Morgan fingerprint density at radius 2 is 1.95 bits per heavy atom. The molecule has 1 aromatic rings. The molecule has 0 fully saturated rings. The van der Waals surface area contributed by atoms with Crippen molar-refractivity contribution in [3.05, 3.63) is 23.5 Å². The number of rotatable bonds is 6. The van der Waals surface area contributed by atoms with Crippen molar-refractivity contribution >= 4 is 27.5 Å². The molecule has 0 aliphatic rings. The third-order valence-electron chi connectivity index (χ3n) is 2.88. The predicted octanol–water partition coefficient (Wildman–Crippen LogP) is 1.22. The Hall–Kier alpha value is -1.18. The second kappa shape index (κ2) is 7.01. The summed E-state index contributed by atoms with van der Waals surface area (Å²) in [5, 5.41) is 0.0922. The molecule has 0 unspecified atom stereocenters. The molecule has 0 N–H and O–H groups in total. The molecule has 1 heterocycles. The molecular formula is C12H18ClN3O3S. The number of likely N-dealkylation sites (N-methyl/N-ethyl adjacent to an activating group) is 2. The van der Waals surface area contributed by atoms with Crippen LogP contribution in [-0.4, -0.2) is 55.2 Å². The highest BCUT2D eigenvalue weighted by atomic mass is 35.5. The van der Waals surface area contributed by atoms with E-state index in [0.717, 1.165) is 4.31 Å². The number of aromatic nitrogens is 1. The van der Waals surface area contributed by atoms with Crippen molar-refractivity contribution in [3.63, 3.8) is 0 Å². The maximum absolute atomic E-state index is 12.3. The van der Waals surface area contributed by atoms with Gasteiger partial charge >= 0.3 is 0 Å². The van der Waals surface area contributed by atoms with Gasteiger partial charge in [-0.15, -0.1) is 0 Å². The van der Waals surface area contributed by atoms with E-state index in [-0.39, 0.29) is 22.5 Å². The number of hydrogen-bond acceptors (Lipinski definition) is 4. The van der Waals surface area contributed by atoms with Gasteiger partial charge in [-0.25, -0.2) is 13.4 Å². The minimum absolute atomic E-state index is 0.0207. The highest BCUT2D eigenvalue weighted by molar-refractivity contribution is 7.89. The molecule has 1 rings (SSSR count). The van der Waals surface area contributed by atoms with Crippen LogP contribution in [0.2, 0.25) is 5.15 Å². The van der Waals surface area contributed by atoms with E-state index < -0.39 is 10.0 Å². The zero-order chi connectivity index (χ0) is 15.3. The summed E-state index contributed by atoms with van der Waals surface area (Å²) in [6.07, 6.45) is 1.31. The van der Waals surface area contributed by atoms with Gasteiger partial charge in [-0.1, -0.05) is 11.6 Å². The molecule has 6 nitrogen and oxygen atoms in total. The molecule has 1 aromatic heterocycles. The second-order valence-electron chi connectivity index (χ2n) is 4.14. The number of pyridine rings is 1. The fourth-order valence-electron chi connectivity index (χ4n) is 1.68. The normalized spacial score (nSPS) is 11.7. The molecule has 0 spiro atoms. The molecule has 0 saturated carbocycles. The molecular weight excluding hydrogens is 302 g/mol. The monoisotopic (exact) mass is 319 g/mol. The summed E-state index contributed by atoms with van der Waals surface area (Å²) in [7, 11) is -2.38. The SMILES string of the molecule is CCN(CC)C(=O)CN(C)S(=O)(=O)c1ccnc(Cl)c1. The summed E-state index contributed by atoms with van der Waals surface area (Å²) in [5.74, 6) is -0.235. The van der Waals surface area contributed by atoms with Crippen LogP contribution >= 0.6 is 11.6 Å². The lowest BCUT2D eigenvalue weighted by atomic mass is 10.4. The van der Waals surface area contributed by atoms with Crippen molar-refractivity contribution in [1.29, 1.82) is 0 Å². The number of halogens is 1. The van der Waals surface area contributed by atoms with Crippen LogP contribution in [0.15, 0.2) is 23.2 Å². The van der Waals surface area contributed by atoms with Gasteiger partial charge in [0.05, 0.1) is 11.4 Å². The zero-order valence-electron chi connectivity index (χ0n) is 11.7. The Kier molecular flexibility index (Phi) is 5.91. The molecule has 0 saturated heterocycles. The van der Waals surface area contributed by atoms with E-state index in [0.29, 0.717) is 13.1 Å². The summed E-state index contributed by atoms with van der Waals surface area (Å²) < 4.78 is 25.6. The fraction of sp³-hybridized carbons (Fsp3) is 0.500. The maximum atomic E-state index is 12.3. The lowest BCUT2D eigenvalue weighted by molar-refractivity contribution is -0.130. The number of carbonyl (C=O) groups excluding carboxylic acids is 1. The summed E-state index contributed by atoms with van der Waals surface area (Å²) in [6.45, 7) is 4.58. The van der Waals surface area contributed by atoms with E-state index in [9.17, 15) is 13.2 Å². The summed E-state index contributed by atoms with van der Waals surface area (Å²) in [5.41, 5.74) is 0. The van der Waals surface area contributed by atoms with Crippen LogP contribution in [0.3, 0.4) is 0 Å². The average Bonchev–Trinajstić information content (AvgIpc) is 2.40. The van der Waals surface area contributed by atoms with E-state index in [2.05, 4.69) is 4.98 Å². The van der Waals surface area contributed by atoms with Gasteiger partial charge in [0.2, 0.25) is 15.9 Å². The molecule has 0 radical (unpaired) electrons. The molecule has 20 heavy (non-hydrogen) atoms. The molecule has 8 heteroatoms. The van der Waals surface area contributed by atoms with Gasteiger partial charge in [-0.3, -0.25) is 4.79 Å². The maximum Gasteiger partial charge on any atom is 0.243 e. The van der Waals surface area contributed by atoms with Gasteiger partial charge in [-0.2, -0.15) is 4.31 Å². The van der Waals surface area contributed by atoms with Gasteiger partial charge in [0, 0.05) is 26.3 Å². The van der Waals surface area contributed by atoms with E-state index in [1.54, 1.807) is 4.90 Å². The van der Waals surface area contributed by atoms with Gasteiger partial charge < -0.3 is 4.90 Å². The molecule has 0 atom stereocenters. The minimum atomic E-state index is -3.75. The summed E-state index contributed by atoms with van der Waals surface area (Å²) in [6, 6.07) is 2.61. The zero-order valence-corrected chi connectivity index (χ0v) is 13.3. The molecule has 0 aliphatic heterocycles. The predicted molar refractivity (Wildman–Crippen MR) is 77.0 cm³/mol.